The minimum Gasteiger partial charge on any atom is -0.493 e. The fourth-order valence-electron chi connectivity index (χ4n) is 2.34. The molecule has 7 heteroatoms. The van der Waals surface area contributed by atoms with Crippen LogP contribution in [0.2, 0.25) is 0 Å². The summed E-state index contributed by atoms with van der Waals surface area (Å²) in [4.78, 5) is 23.6. The number of hydrogen-bond acceptors (Lipinski definition) is 6. The summed E-state index contributed by atoms with van der Waals surface area (Å²) in [6.45, 7) is 0.0209. The van der Waals surface area contributed by atoms with E-state index in [9.17, 15) is 14.7 Å². The zero-order valence-corrected chi connectivity index (χ0v) is 14.8. The molecular formula is C19H21NO6. The number of hydrogen-bond donors (Lipinski definition) is 2. The predicted octanol–water partition coefficient (Wildman–Crippen LogP) is 1.95. The normalized spacial score (nSPS) is 11.4. The minimum absolute atomic E-state index is 0.0209. The number of carbonyl (C=O) groups is 2. The molecule has 7 nitrogen and oxygen atoms in total. The third kappa shape index (κ3) is 4.52. The van der Waals surface area contributed by atoms with E-state index in [1.165, 1.54) is 45.6 Å². The topological polar surface area (TPSA) is 94.1 Å². The molecule has 0 aliphatic carbocycles. The first-order chi connectivity index (χ1) is 12.5. The van der Waals surface area contributed by atoms with E-state index < -0.39 is 12.1 Å². The highest BCUT2D eigenvalue weighted by molar-refractivity contribution is 5.96. The van der Waals surface area contributed by atoms with Gasteiger partial charge < -0.3 is 24.6 Å². The Bertz CT molecular complexity index is 772. The summed E-state index contributed by atoms with van der Waals surface area (Å²) in [6.07, 6.45) is -0.909. The number of esters is 1. The molecule has 2 rings (SSSR count). The molecule has 0 heterocycles. The van der Waals surface area contributed by atoms with Crippen molar-refractivity contribution in [3.63, 3.8) is 0 Å². The molecule has 0 bridgehead atoms. The summed E-state index contributed by atoms with van der Waals surface area (Å²) in [5.74, 6) is 0.216. The van der Waals surface area contributed by atoms with Crippen LogP contribution in [0.4, 0.5) is 0 Å². The molecule has 0 aliphatic heterocycles. The van der Waals surface area contributed by atoms with Gasteiger partial charge in [0.1, 0.15) is 0 Å². The Morgan fingerprint density at radius 1 is 0.962 bits per heavy atom. The second-order valence-corrected chi connectivity index (χ2v) is 5.41. The van der Waals surface area contributed by atoms with Crippen LogP contribution in [0.3, 0.4) is 0 Å². The van der Waals surface area contributed by atoms with Crippen LogP contribution < -0.4 is 14.8 Å². The first-order valence-corrected chi connectivity index (χ1v) is 7.86. The first-order valence-electron chi connectivity index (χ1n) is 7.86. The van der Waals surface area contributed by atoms with E-state index in [4.69, 9.17) is 9.47 Å². The van der Waals surface area contributed by atoms with Gasteiger partial charge in [-0.05, 0) is 42.0 Å². The highest BCUT2D eigenvalue weighted by Gasteiger charge is 2.14. The van der Waals surface area contributed by atoms with Crippen LogP contribution in [-0.2, 0) is 4.74 Å². The summed E-state index contributed by atoms with van der Waals surface area (Å²) >= 11 is 0. The summed E-state index contributed by atoms with van der Waals surface area (Å²) in [7, 11) is 4.33. The smallest absolute Gasteiger partial charge is 0.337 e. The van der Waals surface area contributed by atoms with Crippen LogP contribution in [0, 0.1) is 0 Å². The van der Waals surface area contributed by atoms with Crippen molar-refractivity contribution < 1.29 is 28.9 Å². The number of nitrogens with one attached hydrogen (secondary N) is 1. The van der Waals surface area contributed by atoms with E-state index >= 15 is 0 Å². The van der Waals surface area contributed by atoms with Gasteiger partial charge in [0.05, 0.1) is 33.0 Å². The maximum atomic E-state index is 12.2. The number of rotatable bonds is 7. The fourth-order valence-corrected chi connectivity index (χ4v) is 2.34. The Balaban J connectivity index is 1.99. The average Bonchev–Trinajstić information content (AvgIpc) is 2.70. The molecule has 1 unspecified atom stereocenters. The third-order valence-electron chi connectivity index (χ3n) is 3.82. The maximum absolute atomic E-state index is 12.2. The fraction of sp³-hybridized carbons (Fsp3) is 0.263. The standard InChI is InChI=1S/C19H21NO6/c1-24-16-9-8-14(10-17(16)25-2)15(21)11-20-18(22)12-4-6-13(7-5-12)19(23)26-3/h4-10,15,21H,11H2,1-3H3,(H,20,22). The summed E-state index contributed by atoms with van der Waals surface area (Å²) in [5, 5.41) is 12.9. The molecule has 1 amide bonds. The van der Waals surface area contributed by atoms with Crippen molar-refractivity contribution in [2.45, 2.75) is 6.10 Å². The molecule has 0 saturated carbocycles. The molecule has 0 fully saturated rings. The molecule has 26 heavy (non-hydrogen) atoms. The monoisotopic (exact) mass is 359 g/mol. The van der Waals surface area contributed by atoms with E-state index in [-0.39, 0.29) is 12.5 Å². The lowest BCUT2D eigenvalue weighted by atomic mass is 10.1. The second kappa shape index (κ2) is 8.87. The number of ether oxygens (including phenoxy) is 3. The molecule has 1 atom stereocenters. The Hall–Kier alpha value is -3.06. The number of benzene rings is 2. The highest BCUT2D eigenvalue weighted by atomic mass is 16.5. The average molecular weight is 359 g/mol. The van der Waals surface area contributed by atoms with Gasteiger partial charge in [-0.2, -0.15) is 0 Å². The second-order valence-electron chi connectivity index (χ2n) is 5.41. The van der Waals surface area contributed by atoms with Gasteiger partial charge >= 0.3 is 5.97 Å². The molecule has 0 spiro atoms. The number of aliphatic hydroxyl groups excluding tert-OH is 1. The van der Waals surface area contributed by atoms with E-state index in [1.807, 2.05) is 0 Å². The van der Waals surface area contributed by atoms with Crippen LogP contribution in [0.25, 0.3) is 0 Å². The van der Waals surface area contributed by atoms with E-state index in [1.54, 1.807) is 18.2 Å². The summed E-state index contributed by atoms with van der Waals surface area (Å²) in [5.41, 5.74) is 1.32. The molecular weight excluding hydrogens is 338 g/mol. The number of aliphatic hydroxyl groups is 1. The van der Waals surface area contributed by atoms with Crippen LogP contribution in [-0.4, -0.2) is 44.9 Å². The van der Waals surface area contributed by atoms with Crippen LogP contribution in [0.15, 0.2) is 42.5 Å². The zero-order valence-electron chi connectivity index (χ0n) is 14.8. The number of carbonyl (C=O) groups excluding carboxylic acids is 2. The van der Waals surface area contributed by atoms with Gasteiger partial charge in [-0.15, -0.1) is 0 Å². The molecule has 0 aromatic heterocycles. The third-order valence-corrected chi connectivity index (χ3v) is 3.82. The molecule has 2 aromatic rings. The Kier molecular flexibility index (Phi) is 6.57. The number of methoxy groups -OCH3 is 3. The van der Waals surface area contributed by atoms with Crippen molar-refractivity contribution in [2.75, 3.05) is 27.9 Å². The van der Waals surface area contributed by atoms with Crippen LogP contribution in [0.5, 0.6) is 11.5 Å². The first kappa shape index (κ1) is 19.3. The molecule has 138 valence electrons. The van der Waals surface area contributed by atoms with Crippen molar-refractivity contribution >= 4 is 11.9 Å². The van der Waals surface area contributed by atoms with Gasteiger partial charge in [0.2, 0.25) is 0 Å². The van der Waals surface area contributed by atoms with Crippen molar-refractivity contribution in [3.8, 4) is 11.5 Å². The largest absolute Gasteiger partial charge is 0.493 e. The summed E-state index contributed by atoms with van der Waals surface area (Å²) < 4.78 is 15.0. The number of amides is 1. The van der Waals surface area contributed by atoms with Crippen molar-refractivity contribution in [3.05, 3.63) is 59.2 Å². The highest BCUT2D eigenvalue weighted by Crippen LogP contribution is 2.29. The van der Waals surface area contributed by atoms with Gasteiger partial charge in [0, 0.05) is 12.1 Å². The van der Waals surface area contributed by atoms with Crippen LogP contribution >= 0.6 is 0 Å². The van der Waals surface area contributed by atoms with Gasteiger partial charge in [-0.3, -0.25) is 4.79 Å². The zero-order chi connectivity index (χ0) is 19.1. The van der Waals surface area contributed by atoms with Crippen molar-refractivity contribution in [1.29, 1.82) is 0 Å². The summed E-state index contributed by atoms with van der Waals surface area (Å²) in [6, 6.07) is 11.1. The minimum atomic E-state index is -0.909. The van der Waals surface area contributed by atoms with Gasteiger partial charge in [0.25, 0.3) is 5.91 Å². The molecule has 0 aliphatic rings. The lowest BCUT2D eigenvalue weighted by molar-refractivity contribution is 0.0600. The Labute approximate surface area is 151 Å². The lowest BCUT2D eigenvalue weighted by Crippen LogP contribution is -2.28. The van der Waals surface area contributed by atoms with Crippen molar-refractivity contribution in [1.82, 2.24) is 5.32 Å². The molecule has 2 N–H and O–H groups in total. The quantitative estimate of drug-likeness (QED) is 0.734. The Morgan fingerprint density at radius 3 is 2.15 bits per heavy atom. The van der Waals surface area contributed by atoms with Gasteiger partial charge in [-0.25, -0.2) is 4.79 Å². The molecule has 2 aromatic carbocycles. The lowest BCUT2D eigenvalue weighted by Gasteiger charge is -2.15. The Morgan fingerprint density at radius 2 is 1.58 bits per heavy atom. The SMILES string of the molecule is COC(=O)c1ccc(C(=O)NCC(O)c2ccc(OC)c(OC)c2)cc1. The van der Waals surface area contributed by atoms with E-state index in [0.717, 1.165) is 0 Å². The van der Waals surface area contributed by atoms with Crippen molar-refractivity contribution in [2.24, 2.45) is 0 Å². The van der Waals surface area contributed by atoms with E-state index in [2.05, 4.69) is 10.1 Å². The van der Waals surface area contributed by atoms with Crippen LogP contribution in [0.1, 0.15) is 32.4 Å². The predicted molar refractivity (Wildman–Crippen MR) is 94.6 cm³/mol. The van der Waals surface area contributed by atoms with Gasteiger partial charge in [-0.1, -0.05) is 6.07 Å². The molecule has 0 saturated heterocycles. The molecule has 0 radical (unpaired) electrons. The van der Waals surface area contributed by atoms with E-state index in [0.29, 0.717) is 28.2 Å². The van der Waals surface area contributed by atoms with Gasteiger partial charge in [0.15, 0.2) is 11.5 Å². The maximum Gasteiger partial charge on any atom is 0.337 e.